The van der Waals surface area contributed by atoms with E-state index in [0.29, 0.717) is 11.2 Å². The molecule has 0 spiro atoms. The van der Waals surface area contributed by atoms with Gasteiger partial charge in [-0.2, -0.15) is 0 Å². The van der Waals surface area contributed by atoms with Crippen molar-refractivity contribution in [1.82, 2.24) is 9.97 Å². The van der Waals surface area contributed by atoms with E-state index >= 15 is 0 Å². The minimum Gasteiger partial charge on any atom is -0.366 e. The van der Waals surface area contributed by atoms with Crippen LogP contribution in [0.5, 0.6) is 0 Å². The smallest absolute Gasteiger partial charge is 0.129 e. The molecule has 1 fully saturated rings. The molecule has 0 bridgehead atoms. The number of hydrogen-bond acceptors (Lipinski definition) is 2. The molecule has 0 aliphatic heterocycles. The van der Waals surface area contributed by atoms with Crippen molar-refractivity contribution in [3.05, 3.63) is 47.5 Å². The zero-order valence-corrected chi connectivity index (χ0v) is 10.2. The maximum absolute atomic E-state index is 5.79. The van der Waals surface area contributed by atoms with Gasteiger partial charge >= 0.3 is 0 Å². The van der Waals surface area contributed by atoms with E-state index in [1.807, 2.05) is 30.7 Å². The van der Waals surface area contributed by atoms with Crippen LogP contribution in [0.1, 0.15) is 18.4 Å². The van der Waals surface area contributed by atoms with E-state index in [2.05, 4.69) is 20.9 Å². The standard InChI is InChI=1S/C13H14ClN3/c14-13-4-1-10(7-16-13)9-17(11-2-3-11)12-5-6-15-8-12/h1,4-8,11,15H,2-3,9H2. The van der Waals surface area contributed by atoms with Gasteiger partial charge in [0.2, 0.25) is 0 Å². The van der Waals surface area contributed by atoms with Crippen molar-refractivity contribution < 1.29 is 0 Å². The lowest BCUT2D eigenvalue weighted by molar-refractivity contribution is 0.792. The first-order valence-electron chi connectivity index (χ1n) is 5.83. The molecule has 88 valence electrons. The Labute approximate surface area is 105 Å². The number of aromatic nitrogens is 2. The zero-order chi connectivity index (χ0) is 11.7. The second-order valence-corrected chi connectivity index (χ2v) is 4.80. The number of nitrogens with one attached hydrogen (secondary N) is 1. The Kier molecular flexibility index (Phi) is 2.77. The van der Waals surface area contributed by atoms with Crippen LogP contribution >= 0.6 is 11.6 Å². The molecule has 2 aromatic heterocycles. The Bertz CT molecular complexity index is 474. The Morgan fingerprint density at radius 3 is 2.82 bits per heavy atom. The highest BCUT2D eigenvalue weighted by Crippen LogP contribution is 2.32. The van der Waals surface area contributed by atoms with Crippen LogP contribution in [-0.2, 0) is 6.54 Å². The first kappa shape index (κ1) is 10.7. The summed E-state index contributed by atoms with van der Waals surface area (Å²) in [5.74, 6) is 0. The number of rotatable bonds is 4. The van der Waals surface area contributed by atoms with Crippen molar-refractivity contribution >= 4 is 17.3 Å². The summed E-state index contributed by atoms with van der Waals surface area (Å²) in [4.78, 5) is 9.65. The van der Waals surface area contributed by atoms with Gasteiger partial charge in [0.1, 0.15) is 5.15 Å². The van der Waals surface area contributed by atoms with E-state index < -0.39 is 0 Å². The molecule has 0 radical (unpaired) electrons. The van der Waals surface area contributed by atoms with E-state index in [9.17, 15) is 0 Å². The third-order valence-corrected chi connectivity index (χ3v) is 3.27. The first-order valence-corrected chi connectivity index (χ1v) is 6.20. The third kappa shape index (κ3) is 2.44. The summed E-state index contributed by atoms with van der Waals surface area (Å²) in [7, 11) is 0. The highest BCUT2D eigenvalue weighted by molar-refractivity contribution is 6.29. The van der Waals surface area contributed by atoms with Gasteiger partial charge in [0.05, 0.1) is 5.69 Å². The molecule has 17 heavy (non-hydrogen) atoms. The fourth-order valence-corrected chi connectivity index (χ4v) is 2.12. The first-order chi connectivity index (χ1) is 8.33. The number of pyridine rings is 1. The van der Waals surface area contributed by atoms with Gasteiger partial charge in [0.15, 0.2) is 0 Å². The lowest BCUT2D eigenvalue weighted by Crippen LogP contribution is -2.24. The maximum Gasteiger partial charge on any atom is 0.129 e. The molecular formula is C13H14ClN3. The van der Waals surface area contributed by atoms with Crippen molar-refractivity contribution in [2.24, 2.45) is 0 Å². The monoisotopic (exact) mass is 247 g/mol. The number of H-pyrrole nitrogens is 1. The fraction of sp³-hybridized carbons (Fsp3) is 0.308. The summed E-state index contributed by atoms with van der Waals surface area (Å²) in [5.41, 5.74) is 2.45. The van der Waals surface area contributed by atoms with Gasteiger partial charge < -0.3 is 9.88 Å². The van der Waals surface area contributed by atoms with Gasteiger partial charge in [-0.05, 0) is 30.5 Å². The average molecular weight is 248 g/mol. The molecule has 0 amide bonds. The number of anilines is 1. The molecule has 1 saturated carbocycles. The zero-order valence-electron chi connectivity index (χ0n) is 9.44. The predicted octanol–water partition coefficient (Wildman–Crippen LogP) is 3.23. The van der Waals surface area contributed by atoms with E-state index in [1.165, 1.54) is 24.1 Å². The maximum atomic E-state index is 5.79. The van der Waals surface area contributed by atoms with E-state index in [-0.39, 0.29) is 0 Å². The second kappa shape index (κ2) is 4.41. The summed E-state index contributed by atoms with van der Waals surface area (Å²) < 4.78 is 0. The molecule has 4 heteroatoms. The fourth-order valence-electron chi connectivity index (χ4n) is 2.01. The molecule has 0 saturated heterocycles. The molecule has 1 aliphatic rings. The highest BCUT2D eigenvalue weighted by atomic mass is 35.5. The molecule has 0 aromatic carbocycles. The number of nitrogens with zero attached hydrogens (tertiary/aromatic N) is 2. The molecule has 0 atom stereocenters. The lowest BCUT2D eigenvalue weighted by atomic mass is 10.2. The Hall–Kier alpha value is -1.48. The minimum absolute atomic E-state index is 0.549. The van der Waals surface area contributed by atoms with E-state index in [1.54, 1.807) is 0 Å². The van der Waals surface area contributed by atoms with Gasteiger partial charge in [-0.3, -0.25) is 0 Å². The Balaban J connectivity index is 1.79. The van der Waals surface area contributed by atoms with Crippen LogP contribution in [0.15, 0.2) is 36.8 Å². The topological polar surface area (TPSA) is 31.9 Å². The molecule has 2 heterocycles. The van der Waals surface area contributed by atoms with Crippen molar-refractivity contribution in [2.75, 3.05) is 4.90 Å². The van der Waals surface area contributed by atoms with Crippen LogP contribution < -0.4 is 4.90 Å². The van der Waals surface area contributed by atoms with Gasteiger partial charge in [-0.15, -0.1) is 0 Å². The van der Waals surface area contributed by atoms with Gasteiger partial charge in [0.25, 0.3) is 0 Å². The molecule has 3 nitrogen and oxygen atoms in total. The van der Waals surface area contributed by atoms with Gasteiger partial charge in [-0.1, -0.05) is 17.7 Å². The summed E-state index contributed by atoms with van der Waals surface area (Å²) in [6, 6.07) is 6.68. The number of halogens is 1. The number of hydrogen-bond donors (Lipinski definition) is 1. The second-order valence-electron chi connectivity index (χ2n) is 4.42. The summed E-state index contributed by atoms with van der Waals surface area (Å²) in [6.07, 6.45) is 8.43. The van der Waals surface area contributed by atoms with Crippen LogP contribution in [-0.4, -0.2) is 16.0 Å². The van der Waals surface area contributed by atoms with Crippen molar-refractivity contribution in [3.63, 3.8) is 0 Å². The number of aromatic amines is 1. The lowest BCUT2D eigenvalue weighted by Gasteiger charge is -2.23. The van der Waals surface area contributed by atoms with Crippen LogP contribution in [0.3, 0.4) is 0 Å². The SMILES string of the molecule is Clc1ccc(CN(c2cc[nH]c2)C2CC2)cn1. The van der Waals surface area contributed by atoms with Gasteiger partial charge in [-0.25, -0.2) is 4.98 Å². The molecule has 0 unspecified atom stereocenters. The molecule has 2 aromatic rings. The molecule has 1 N–H and O–H groups in total. The predicted molar refractivity (Wildman–Crippen MR) is 69.2 cm³/mol. The summed E-state index contributed by atoms with van der Waals surface area (Å²) in [6.45, 7) is 0.896. The minimum atomic E-state index is 0.549. The summed E-state index contributed by atoms with van der Waals surface area (Å²) >= 11 is 5.79. The summed E-state index contributed by atoms with van der Waals surface area (Å²) in [5, 5.41) is 0.549. The quantitative estimate of drug-likeness (QED) is 0.842. The Morgan fingerprint density at radius 1 is 1.35 bits per heavy atom. The van der Waals surface area contributed by atoms with Crippen molar-refractivity contribution in [3.8, 4) is 0 Å². The average Bonchev–Trinajstić information content (AvgIpc) is 3.03. The van der Waals surface area contributed by atoms with Crippen LogP contribution in [0.2, 0.25) is 5.15 Å². The molecule has 3 rings (SSSR count). The van der Waals surface area contributed by atoms with Crippen LogP contribution in [0.4, 0.5) is 5.69 Å². The van der Waals surface area contributed by atoms with Gasteiger partial charge in [0, 0.05) is 31.2 Å². The molecule has 1 aliphatic carbocycles. The van der Waals surface area contributed by atoms with Crippen LogP contribution in [0, 0.1) is 0 Å². The normalized spacial score (nSPS) is 14.9. The van der Waals surface area contributed by atoms with Crippen LogP contribution in [0.25, 0.3) is 0 Å². The highest BCUT2D eigenvalue weighted by Gasteiger charge is 2.29. The van der Waals surface area contributed by atoms with Crippen molar-refractivity contribution in [2.45, 2.75) is 25.4 Å². The van der Waals surface area contributed by atoms with E-state index in [4.69, 9.17) is 11.6 Å². The third-order valence-electron chi connectivity index (χ3n) is 3.04. The van der Waals surface area contributed by atoms with Crippen molar-refractivity contribution in [1.29, 1.82) is 0 Å². The van der Waals surface area contributed by atoms with E-state index in [0.717, 1.165) is 6.54 Å². The largest absolute Gasteiger partial charge is 0.366 e. The molecular weight excluding hydrogens is 234 g/mol. The Morgan fingerprint density at radius 2 is 2.24 bits per heavy atom.